The van der Waals surface area contributed by atoms with Crippen LogP contribution in [-0.2, 0) is 0 Å². The summed E-state index contributed by atoms with van der Waals surface area (Å²) in [5.74, 6) is 2.24. The van der Waals surface area contributed by atoms with Gasteiger partial charge in [0, 0.05) is 10.5 Å². The molecule has 0 bridgehead atoms. The van der Waals surface area contributed by atoms with Crippen LogP contribution >= 0.6 is 11.8 Å². The molecule has 0 aromatic heterocycles. The molecule has 0 spiro atoms. The van der Waals surface area contributed by atoms with Crippen LogP contribution in [0.2, 0.25) is 0 Å². The maximum atomic E-state index is 2.35. The van der Waals surface area contributed by atoms with E-state index in [4.69, 9.17) is 0 Å². The summed E-state index contributed by atoms with van der Waals surface area (Å²) in [5, 5.41) is 2.21. The second-order valence-electron chi connectivity index (χ2n) is 5.86. The molecule has 3 aliphatic rings. The lowest BCUT2D eigenvalue weighted by Gasteiger charge is -2.24. The van der Waals surface area contributed by atoms with Crippen LogP contribution in [0, 0.1) is 11.8 Å². The molecule has 2 aliphatic carbocycles. The Labute approximate surface area is 98.6 Å². The van der Waals surface area contributed by atoms with Gasteiger partial charge < -0.3 is 0 Å². The van der Waals surface area contributed by atoms with Crippen molar-refractivity contribution in [2.75, 3.05) is 0 Å². The van der Waals surface area contributed by atoms with Crippen molar-refractivity contribution in [3.63, 3.8) is 0 Å². The molecule has 1 heteroatoms. The van der Waals surface area contributed by atoms with Crippen LogP contribution in [0.3, 0.4) is 0 Å². The van der Waals surface area contributed by atoms with Crippen LogP contribution < -0.4 is 0 Å². The fourth-order valence-corrected chi connectivity index (χ4v) is 5.53. The third-order valence-electron chi connectivity index (χ3n) is 4.79. The zero-order valence-electron chi connectivity index (χ0n) is 9.79. The molecule has 2 atom stereocenters. The van der Waals surface area contributed by atoms with Gasteiger partial charge in [0.25, 0.3) is 0 Å². The first-order chi connectivity index (χ1) is 7.45. The van der Waals surface area contributed by atoms with Gasteiger partial charge in [-0.25, -0.2) is 0 Å². The highest BCUT2D eigenvalue weighted by Gasteiger charge is 2.47. The Bertz CT molecular complexity index is 179. The molecule has 0 nitrogen and oxygen atoms in total. The van der Waals surface area contributed by atoms with Gasteiger partial charge in [0.2, 0.25) is 0 Å². The SMILES string of the molecule is C1CCC([C@H]2S[C@H]2C2CCCCC2)CC1. The number of hydrogen-bond donors (Lipinski definition) is 0. The van der Waals surface area contributed by atoms with Crippen molar-refractivity contribution in [3.8, 4) is 0 Å². The first-order valence-corrected chi connectivity index (χ1v) is 8.05. The second-order valence-corrected chi connectivity index (χ2v) is 7.22. The molecule has 0 amide bonds. The summed E-state index contributed by atoms with van der Waals surface area (Å²) in [6, 6.07) is 0. The molecule has 1 aliphatic heterocycles. The van der Waals surface area contributed by atoms with E-state index >= 15 is 0 Å². The van der Waals surface area contributed by atoms with Gasteiger partial charge in [-0.15, -0.1) is 0 Å². The maximum absolute atomic E-state index is 2.35. The van der Waals surface area contributed by atoms with Crippen LogP contribution in [-0.4, -0.2) is 10.5 Å². The largest absolute Gasteiger partial charge is 0.152 e. The molecule has 1 heterocycles. The maximum Gasteiger partial charge on any atom is 0.0200 e. The van der Waals surface area contributed by atoms with Crippen LogP contribution in [0.25, 0.3) is 0 Å². The lowest BCUT2D eigenvalue weighted by Crippen LogP contribution is -2.20. The van der Waals surface area contributed by atoms with E-state index in [0.29, 0.717) is 0 Å². The summed E-state index contributed by atoms with van der Waals surface area (Å²) in [6.45, 7) is 0. The third kappa shape index (κ3) is 2.38. The molecular formula is C14H24S. The summed E-state index contributed by atoms with van der Waals surface area (Å²) in [4.78, 5) is 0. The Morgan fingerprint density at radius 1 is 0.533 bits per heavy atom. The van der Waals surface area contributed by atoms with Crippen molar-refractivity contribution < 1.29 is 0 Å². The highest BCUT2D eigenvalue weighted by atomic mass is 32.2. The van der Waals surface area contributed by atoms with Crippen molar-refractivity contribution in [2.24, 2.45) is 11.8 Å². The summed E-state index contributed by atoms with van der Waals surface area (Å²) in [6.07, 6.45) is 15.4. The molecule has 3 fully saturated rings. The second kappa shape index (κ2) is 4.69. The topological polar surface area (TPSA) is 0 Å². The monoisotopic (exact) mass is 224 g/mol. The first-order valence-electron chi connectivity index (χ1n) is 7.10. The first kappa shape index (κ1) is 10.5. The van der Waals surface area contributed by atoms with Crippen LogP contribution in [0.5, 0.6) is 0 Å². The predicted molar refractivity (Wildman–Crippen MR) is 68.3 cm³/mol. The normalized spacial score (nSPS) is 39.2. The molecule has 2 saturated carbocycles. The minimum Gasteiger partial charge on any atom is -0.152 e. The van der Waals surface area contributed by atoms with E-state index in [2.05, 4.69) is 11.8 Å². The molecule has 0 aromatic carbocycles. The summed E-state index contributed by atoms with van der Waals surface area (Å²) in [5.41, 5.74) is 0. The van der Waals surface area contributed by atoms with E-state index in [9.17, 15) is 0 Å². The van der Waals surface area contributed by atoms with Crippen LogP contribution in [0.15, 0.2) is 0 Å². The highest BCUT2D eigenvalue weighted by molar-refractivity contribution is 8.07. The van der Waals surface area contributed by atoms with Crippen molar-refractivity contribution in [1.82, 2.24) is 0 Å². The van der Waals surface area contributed by atoms with Gasteiger partial charge in [0.05, 0.1) is 0 Å². The van der Waals surface area contributed by atoms with E-state index in [1.807, 2.05) is 0 Å². The predicted octanol–water partition coefficient (Wildman–Crippen LogP) is 4.63. The van der Waals surface area contributed by atoms with Crippen molar-refractivity contribution >= 4 is 11.8 Å². The standard InChI is InChI=1S/C14H24S/c1-3-7-11(8-4-1)13-14(15-13)12-9-5-2-6-10-12/h11-14H,1-10H2/t13-,14+. The number of thioether (sulfide) groups is 1. The van der Waals surface area contributed by atoms with E-state index in [0.717, 1.165) is 22.3 Å². The highest BCUT2D eigenvalue weighted by Crippen LogP contribution is 2.56. The molecule has 3 rings (SSSR count). The Morgan fingerprint density at radius 2 is 0.933 bits per heavy atom. The van der Waals surface area contributed by atoms with E-state index in [-0.39, 0.29) is 0 Å². The Balaban J connectivity index is 1.49. The molecule has 0 N–H and O–H groups in total. The molecule has 86 valence electrons. The van der Waals surface area contributed by atoms with Gasteiger partial charge in [-0.05, 0) is 37.5 Å². The Kier molecular flexibility index (Phi) is 3.28. The lowest BCUT2D eigenvalue weighted by molar-refractivity contribution is 0.312. The average Bonchev–Trinajstić information content (AvgIpc) is 3.11. The summed E-state index contributed by atoms with van der Waals surface area (Å²) >= 11 is 2.35. The smallest absolute Gasteiger partial charge is 0.0200 e. The average molecular weight is 224 g/mol. The minimum atomic E-state index is 1.10. The van der Waals surface area contributed by atoms with E-state index < -0.39 is 0 Å². The minimum absolute atomic E-state index is 1.10. The zero-order valence-corrected chi connectivity index (χ0v) is 10.6. The molecule has 1 saturated heterocycles. The molecule has 0 unspecified atom stereocenters. The van der Waals surface area contributed by atoms with Crippen molar-refractivity contribution in [3.05, 3.63) is 0 Å². The zero-order chi connectivity index (χ0) is 10.1. The molecule has 0 aromatic rings. The molecule has 15 heavy (non-hydrogen) atoms. The summed E-state index contributed by atoms with van der Waals surface area (Å²) < 4.78 is 0. The van der Waals surface area contributed by atoms with Gasteiger partial charge in [-0.1, -0.05) is 38.5 Å². The third-order valence-corrected chi connectivity index (χ3v) is 6.46. The Morgan fingerprint density at radius 3 is 1.33 bits per heavy atom. The van der Waals surface area contributed by atoms with Crippen molar-refractivity contribution in [2.45, 2.75) is 74.7 Å². The fourth-order valence-electron chi connectivity index (χ4n) is 3.82. The number of hydrogen-bond acceptors (Lipinski definition) is 1. The Hall–Kier alpha value is 0.350. The molecular weight excluding hydrogens is 200 g/mol. The molecule has 0 radical (unpaired) electrons. The van der Waals surface area contributed by atoms with Crippen LogP contribution in [0.1, 0.15) is 64.2 Å². The fraction of sp³-hybridized carbons (Fsp3) is 1.00. The van der Waals surface area contributed by atoms with Gasteiger partial charge in [-0.3, -0.25) is 0 Å². The van der Waals surface area contributed by atoms with Crippen LogP contribution in [0.4, 0.5) is 0 Å². The quantitative estimate of drug-likeness (QED) is 0.616. The lowest BCUT2D eigenvalue weighted by atomic mass is 9.80. The number of rotatable bonds is 2. The van der Waals surface area contributed by atoms with Gasteiger partial charge in [-0.2, -0.15) is 11.8 Å². The van der Waals surface area contributed by atoms with Gasteiger partial charge in [0.1, 0.15) is 0 Å². The summed E-state index contributed by atoms with van der Waals surface area (Å²) in [7, 11) is 0. The van der Waals surface area contributed by atoms with Crippen molar-refractivity contribution in [1.29, 1.82) is 0 Å². The van der Waals surface area contributed by atoms with Gasteiger partial charge >= 0.3 is 0 Å². The van der Waals surface area contributed by atoms with Gasteiger partial charge in [0.15, 0.2) is 0 Å². The van der Waals surface area contributed by atoms with E-state index in [1.165, 1.54) is 38.5 Å². The van der Waals surface area contributed by atoms with E-state index in [1.54, 1.807) is 25.7 Å².